The van der Waals surface area contributed by atoms with Crippen LogP contribution in [0.25, 0.3) is 0 Å². The maximum atomic E-state index is 12.1. The van der Waals surface area contributed by atoms with Crippen molar-refractivity contribution in [1.29, 1.82) is 0 Å². The summed E-state index contributed by atoms with van der Waals surface area (Å²) in [6.45, 7) is 34.7. The summed E-state index contributed by atoms with van der Waals surface area (Å²) in [5.74, 6) is 2.58. The molecule has 8 N–H and O–H groups in total. The monoisotopic (exact) mass is 1950 g/mol. The van der Waals surface area contributed by atoms with Gasteiger partial charge in [0.05, 0.1) is 104 Å². The molecule has 4 atom stereocenters. The second-order valence-corrected chi connectivity index (χ2v) is 39.6. The predicted molar refractivity (Wildman–Crippen MR) is 544 cm³/mol. The first-order valence-electron chi connectivity index (χ1n) is 47.3. The summed E-state index contributed by atoms with van der Waals surface area (Å²) in [7, 11) is 0. The molecule has 0 radical (unpaired) electrons. The third kappa shape index (κ3) is 38.6. The first-order chi connectivity index (χ1) is 61.7. The molecule has 0 spiro atoms. The number of nitrogens with two attached hydrogens (primary N) is 1. The Morgan fingerprint density at radius 2 is 0.634 bits per heavy atom. The number of hydrogen-bond acceptors (Lipinski definition) is 19. The Labute approximate surface area is 832 Å². The van der Waals surface area contributed by atoms with Crippen molar-refractivity contribution in [2.75, 3.05) is 80.7 Å². The van der Waals surface area contributed by atoms with E-state index < -0.39 is 11.9 Å². The minimum Gasteiger partial charge on any atom is -0.870 e. The quantitative estimate of drug-likeness (QED) is 0.00921. The van der Waals surface area contributed by atoms with Gasteiger partial charge in [0.2, 0.25) is 0 Å². The molecule has 8 aromatic rings. The van der Waals surface area contributed by atoms with Gasteiger partial charge in [-0.15, -0.1) is 0 Å². The number of hydrogen-bond donors (Lipinski definition) is 6. The van der Waals surface area contributed by atoms with Crippen LogP contribution in [0, 0.1) is 23.7 Å². The zero-order valence-corrected chi connectivity index (χ0v) is 86.9. The van der Waals surface area contributed by atoms with Crippen LogP contribution in [0.3, 0.4) is 0 Å². The second-order valence-electron chi connectivity index (χ2n) is 37.1. The van der Waals surface area contributed by atoms with Crippen molar-refractivity contribution in [2.24, 2.45) is 23.7 Å². The van der Waals surface area contributed by atoms with Crippen molar-refractivity contribution in [2.45, 2.75) is 299 Å². The Hall–Kier alpha value is -7.64. The zero-order chi connectivity index (χ0) is 93.6. The third-order valence-corrected chi connectivity index (χ3v) is 25.5. The average molecular weight is 1950 g/mol. The number of pyridine rings is 4. The molecule has 4 aliphatic carbocycles. The van der Waals surface area contributed by atoms with Gasteiger partial charge in [0.25, 0.3) is 0 Å². The van der Waals surface area contributed by atoms with Gasteiger partial charge in [-0.05, 0) is 248 Å². The Balaban J connectivity index is 0.000000260. The van der Waals surface area contributed by atoms with Crippen molar-refractivity contribution in [1.82, 2.24) is 19.9 Å². The molecule has 0 aliphatic heterocycles. The van der Waals surface area contributed by atoms with Crippen LogP contribution in [0.1, 0.15) is 297 Å². The Morgan fingerprint density at radius 1 is 0.382 bits per heavy atom. The van der Waals surface area contributed by atoms with E-state index in [2.05, 4.69) is 213 Å². The molecule has 0 unspecified atom stereocenters. The molecule has 4 saturated carbocycles. The molecule has 4 aromatic carbocycles. The minimum atomic E-state index is -0.783. The van der Waals surface area contributed by atoms with E-state index in [9.17, 15) is 29.4 Å². The number of benzene rings is 4. The standard InChI is InChI=1S/C27H38ClN3O2.2C25H34ClN3O2.C22H36N2O2.C5H3BrClN.Na.H2O/c1-5-33-27(32)15-20(4)21-11-13-25(24(16-21)30-26-14-12-22(28)17-29-26)31(18-19(2)3)23-9-7-6-8-10-23;2*1-17(2)16-29(21-7-5-4-6-8-21)23-11-9-19(18(3)13-25(30)31)14-22(23)28-24-12-10-20(26)15-27-24;1-5-26-22(25)13-17(4)18-11-12-21(20(23)14-18)24(15-16(2)3)19-9-7-6-8-10-19;6-5-2-1-4(7)3-8-5;;/h11-14,16-17,19-20,23H,5-10,15,18H2,1-4H3,(H,29,30);2*9-12,14-15,17-18,21H,4-8,13,16H2,1-3H3,(H,27,28)(H,30,31);11-12,14,16-17,19H,5-10,13,15,23H2,1-4H3;1-3H;;1H2/q;;;;;+1;/p-1/t20-;2*18-;17-;;;/m1111.../s1. The van der Waals surface area contributed by atoms with Gasteiger partial charge in [0.1, 0.15) is 22.1 Å². The van der Waals surface area contributed by atoms with E-state index in [1.807, 2.05) is 64.1 Å². The van der Waals surface area contributed by atoms with E-state index in [4.69, 9.17) is 61.6 Å². The molecular formula is C104H146BrCl4N12NaO9. The van der Waals surface area contributed by atoms with Crippen molar-refractivity contribution in [3.8, 4) is 0 Å². The molecule has 4 heterocycles. The van der Waals surface area contributed by atoms with Crippen LogP contribution in [0.15, 0.2) is 151 Å². The molecular weight excluding hydrogens is 1810 g/mol. The van der Waals surface area contributed by atoms with Crippen LogP contribution < -0.4 is 70.8 Å². The molecule has 0 amide bonds. The Kier molecular flexibility index (Phi) is 50.1. The predicted octanol–water partition coefficient (Wildman–Crippen LogP) is 25.5. The summed E-state index contributed by atoms with van der Waals surface area (Å²) in [6.07, 6.45) is 32.9. The fraction of sp³-hybridized carbons (Fsp3) is 0.538. The Bertz CT molecular complexity index is 4530. The summed E-state index contributed by atoms with van der Waals surface area (Å²) < 4.78 is 11.0. The number of carbonyl (C=O) groups excluding carboxylic acids is 2. The Morgan fingerprint density at radius 3 is 0.863 bits per heavy atom. The molecule has 4 aromatic heterocycles. The summed E-state index contributed by atoms with van der Waals surface area (Å²) >= 11 is 26.8. The van der Waals surface area contributed by atoms with Gasteiger partial charge in [-0.25, -0.2) is 19.9 Å². The summed E-state index contributed by atoms with van der Waals surface area (Å²) in [6, 6.07) is 42.4. The van der Waals surface area contributed by atoms with Gasteiger partial charge < -0.3 is 66.4 Å². The number of ether oxygens (including phenoxy) is 2. The van der Waals surface area contributed by atoms with E-state index in [-0.39, 0.29) is 83.5 Å². The van der Waals surface area contributed by atoms with E-state index in [1.54, 1.807) is 36.9 Å². The topological polar surface area (TPSA) is 284 Å². The number of carboxylic acid groups (broad SMARTS) is 2. The van der Waals surface area contributed by atoms with Gasteiger partial charge in [-0.3, -0.25) is 19.2 Å². The van der Waals surface area contributed by atoms with Crippen molar-refractivity contribution in [3.63, 3.8) is 0 Å². The number of aromatic nitrogens is 4. The van der Waals surface area contributed by atoms with E-state index in [0.717, 1.165) is 110 Å². The number of carboxylic acids is 2. The number of carbonyl (C=O) groups is 4. The van der Waals surface area contributed by atoms with Gasteiger partial charge in [-0.1, -0.05) is 231 Å². The number of rotatable bonds is 36. The molecule has 712 valence electrons. The normalized spacial score (nSPS) is 15.1. The molecule has 4 aliphatic rings. The number of nitrogens with one attached hydrogen (secondary N) is 3. The first kappa shape index (κ1) is 112. The van der Waals surface area contributed by atoms with Crippen molar-refractivity contribution < 1.29 is 73.9 Å². The third-order valence-electron chi connectivity index (χ3n) is 24.1. The largest absolute Gasteiger partial charge is 1.00 e. The van der Waals surface area contributed by atoms with Gasteiger partial charge in [0, 0.05) is 75.1 Å². The first-order valence-corrected chi connectivity index (χ1v) is 49.6. The van der Waals surface area contributed by atoms with Crippen LogP contribution in [0.5, 0.6) is 0 Å². The van der Waals surface area contributed by atoms with Gasteiger partial charge >= 0.3 is 53.4 Å². The molecule has 131 heavy (non-hydrogen) atoms. The average Bonchev–Trinajstić information content (AvgIpc) is 0.779. The number of nitrogen functional groups attached to an aromatic ring is 1. The molecule has 27 heteroatoms. The van der Waals surface area contributed by atoms with Crippen LogP contribution >= 0.6 is 62.3 Å². The number of halogens is 5. The van der Waals surface area contributed by atoms with Crippen LogP contribution in [-0.4, -0.2) is 123 Å². The summed E-state index contributed by atoms with van der Waals surface area (Å²) in [4.78, 5) is 73.7. The smallest absolute Gasteiger partial charge is 0.870 e. The molecule has 21 nitrogen and oxygen atoms in total. The van der Waals surface area contributed by atoms with Crippen molar-refractivity contribution >= 4 is 149 Å². The number of esters is 2. The summed E-state index contributed by atoms with van der Waals surface area (Å²) in [5.41, 5.74) is 19.1. The van der Waals surface area contributed by atoms with Gasteiger partial charge in [0.15, 0.2) is 0 Å². The van der Waals surface area contributed by atoms with E-state index >= 15 is 0 Å². The van der Waals surface area contributed by atoms with Crippen molar-refractivity contribution in [3.05, 3.63) is 193 Å². The molecule has 0 saturated heterocycles. The maximum Gasteiger partial charge on any atom is 1.00 e. The van der Waals surface area contributed by atoms with Crippen LogP contribution in [-0.2, 0) is 28.7 Å². The molecule has 0 bridgehead atoms. The molecule has 12 rings (SSSR count). The number of anilines is 11. The minimum absolute atomic E-state index is 0. The molecule has 4 fully saturated rings. The SMILES string of the molecule is CC(C)CN(c1ccc([C@H](C)CC(=O)O)cc1Nc1ccc(Cl)cn1)C1CCCCC1.CC(C)CN(c1ccc([C@H](C)CC(=O)O)cc1Nc1ccc(Cl)cn1)C1CCCCC1.CCOC(=O)C[C@@H](C)c1ccc(N(CC(C)C)C2CCCCC2)c(N)c1.CCOC(=O)C[C@@H](C)c1ccc(N(CC(C)C)C2CCCCC2)c(Nc2ccc(Cl)cn2)c1.Clc1ccc(Br)nc1.[Na+].[OH-]. The van der Waals surface area contributed by atoms with E-state index in [1.165, 1.54) is 134 Å². The zero-order valence-electron chi connectivity index (χ0n) is 80.3. The van der Waals surface area contributed by atoms with E-state index in [0.29, 0.717) is 94.0 Å². The van der Waals surface area contributed by atoms with Crippen LogP contribution in [0.4, 0.5) is 63.0 Å². The fourth-order valence-corrected chi connectivity index (χ4v) is 18.4. The number of aliphatic carboxylic acids is 2. The van der Waals surface area contributed by atoms with Gasteiger partial charge in [-0.2, -0.15) is 0 Å². The maximum absolute atomic E-state index is 12.1. The second kappa shape index (κ2) is 58.6. The summed E-state index contributed by atoms with van der Waals surface area (Å²) in [5, 5.41) is 31.5. The fourth-order valence-electron chi connectivity index (χ4n) is 17.8. The van der Waals surface area contributed by atoms with Crippen LogP contribution in [0.2, 0.25) is 20.1 Å². The number of nitrogens with zero attached hydrogens (tertiary/aromatic N) is 8.